The van der Waals surface area contributed by atoms with Gasteiger partial charge in [-0.05, 0) is 81.9 Å². The van der Waals surface area contributed by atoms with Crippen LogP contribution in [0.3, 0.4) is 0 Å². The molecule has 3 aromatic rings. The molecule has 2 aromatic carbocycles. The molecule has 2 N–H and O–H groups in total. The minimum absolute atomic E-state index is 0.0155. The third kappa shape index (κ3) is 8.62. The molecule has 3 aliphatic heterocycles. The highest BCUT2D eigenvalue weighted by Crippen LogP contribution is 2.25. The second-order valence-electron chi connectivity index (χ2n) is 12.9. The molecule has 0 atom stereocenters. The number of nitrogens with zero attached hydrogens (tertiary/aromatic N) is 8. The third-order valence-corrected chi connectivity index (χ3v) is 9.40. The molecule has 0 saturated carbocycles. The summed E-state index contributed by atoms with van der Waals surface area (Å²) in [6, 6.07) is 14.5. The average Bonchev–Trinajstić information content (AvgIpc) is 3.39. The van der Waals surface area contributed by atoms with Crippen LogP contribution in [0.25, 0.3) is 11.4 Å². The summed E-state index contributed by atoms with van der Waals surface area (Å²) in [6.07, 6.45) is 2.76. The highest BCUT2D eigenvalue weighted by Gasteiger charge is 2.25. The van der Waals surface area contributed by atoms with Gasteiger partial charge in [0.15, 0.2) is 5.82 Å². The summed E-state index contributed by atoms with van der Waals surface area (Å²) in [6.45, 7) is 8.38. The van der Waals surface area contributed by atoms with E-state index in [4.69, 9.17) is 19.7 Å². The first kappa shape index (κ1) is 34.1. The molecule has 3 aliphatic rings. The zero-order valence-corrected chi connectivity index (χ0v) is 28.6. The van der Waals surface area contributed by atoms with Gasteiger partial charge in [-0.15, -0.1) is 0 Å². The first-order chi connectivity index (χ1) is 23.7. The summed E-state index contributed by atoms with van der Waals surface area (Å²) in [5.41, 5.74) is 2.59. The maximum Gasteiger partial charge on any atom is 0.323 e. The van der Waals surface area contributed by atoms with Gasteiger partial charge in [0.05, 0.1) is 13.2 Å². The normalized spacial score (nSPS) is 17.6. The smallest absolute Gasteiger partial charge is 0.323 e. The minimum atomic E-state index is -0.393. The Hall–Kier alpha value is -4.82. The summed E-state index contributed by atoms with van der Waals surface area (Å²) < 4.78 is 5.55. The van der Waals surface area contributed by atoms with E-state index < -0.39 is 6.03 Å². The van der Waals surface area contributed by atoms with Gasteiger partial charge in [0.1, 0.15) is 0 Å². The molecule has 0 spiro atoms. The number of ether oxygens (including phenoxy) is 1. The molecule has 3 fully saturated rings. The Balaban J connectivity index is 1.09. The van der Waals surface area contributed by atoms with E-state index >= 15 is 0 Å². The Morgan fingerprint density at radius 2 is 1.31 bits per heavy atom. The maximum absolute atomic E-state index is 13.0. The Morgan fingerprint density at radius 1 is 0.714 bits per heavy atom. The number of rotatable bonds is 7. The van der Waals surface area contributed by atoms with Crippen molar-refractivity contribution >= 4 is 41.1 Å². The van der Waals surface area contributed by atoms with Crippen molar-refractivity contribution in [3.8, 4) is 11.4 Å². The molecule has 4 amide bonds. The number of hydrogen-bond acceptors (Lipinski definition) is 10. The summed E-state index contributed by atoms with van der Waals surface area (Å²) in [7, 11) is 4.16. The van der Waals surface area contributed by atoms with Crippen molar-refractivity contribution in [1.82, 2.24) is 29.7 Å². The molecular formula is C35H46N10O4. The summed E-state index contributed by atoms with van der Waals surface area (Å²) in [5, 5.41) is 5.72. The Bertz CT molecular complexity index is 1600. The standard InChI is InChI=1S/C35H46N10O4/c1-25(46)42-15-4-16-44(20-19-42)33-38-31(39-34(40-33)45-21-23-49-24-22-45)26-5-9-28(10-6-26)36-35(48)37-29-11-7-27(8-12-29)32(47)43-17-13-30(14-18-43)41(2)3/h5-12,30H,4,13-24H2,1-3H3,(H2,36,37,48). The minimum Gasteiger partial charge on any atom is -0.378 e. The number of morpholine rings is 1. The number of hydrogen-bond donors (Lipinski definition) is 2. The molecule has 0 radical (unpaired) electrons. The molecule has 14 nitrogen and oxygen atoms in total. The largest absolute Gasteiger partial charge is 0.378 e. The summed E-state index contributed by atoms with van der Waals surface area (Å²) in [4.78, 5) is 62.6. The predicted octanol–water partition coefficient (Wildman–Crippen LogP) is 3.24. The molecule has 260 valence electrons. The topological polar surface area (TPSA) is 139 Å². The van der Waals surface area contributed by atoms with Crippen molar-refractivity contribution in [2.45, 2.75) is 32.2 Å². The monoisotopic (exact) mass is 670 g/mol. The van der Waals surface area contributed by atoms with E-state index in [1.807, 2.05) is 34.1 Å². The summed E-state index contributed by atoms with van der Waals surface area (Å²) in [5.74, 6) is 1.80. The van der Waals surface area contributed by atoms with Crippen molar-refractivity contribution < 1.29 is 19.1 Å². The number of benzene rings is 2. The van der Waals surface area contributed by atoms with Crippen LogP contribution in [0.4, 0.5) is 28.1 Å². The van der Waals surface area contributed by atoms with E-state index in [1.54, 1.807) is 31.2 Å². The third-order valence-electron chi connectivity index (χ3n) is 9.40. The molecular weight excluding hydrogens is 624 g/mol. The Kier molecular flexibility index (Phi) is 10.8. The quantitative estimate of drug-likeness (QED) is 0.385. The fraction of sp³-hybridized carbons (Fsp3) is 0.486. The zero-order chi connectivity index (χ0) is 34.3. The van der Waals surface area contributed by atoms with Crippen LogP contribution in [0.5, 0.6) is 0 Å². The Labute approximate surface area is 287 Å². The van der Waals surface area contributed by atoms with Crippen molar-refractivity contribution in [3.63, 3.8) is 0 Å². The zero-order valence-electron chi connectivity index (χ0n) is 28.6. The number of piperidine rings is 1. The number of nitrogens with one attached hydrogen (secondary N) is 2. The van der Waals surface area contributed by atoms with Crippen LogP contribution in [-0.2, 0) is 9.53 Å². The fourth-order valence-corrected chi connectivity index (χ4v) is 6.42. The number of carbonyl (C=O) groups is 3. The lowest BCUT2D eigenvalue weighted by Gasteiger charge is -2.35. The van der Waals surface area contributed by atoms with Crippen molar-refractivity contribution in [2.24, 2.45) is 0 Å². The molecule has 6 rings (SSSR count). The summed E-state index contributed by atoms with van der Waals surface area (Å²) >= 11 is 0. The SMILES string of the molecule is CC(=O)N1CCCN(c2nc(-c3ccc(NC(=O)Nc4ccc(C(=O)N5CCC(N(C)C)CC5)cc4)cc3)nc(N3CCOCC3)n2)CC1. The van der Waals surface area contributed by atoms with Crippen LogP contribution >= 0.6 is 0 Å². The second-order valence-corrected chi connectivity index (χ2v) is 12.9. The molecule has 0 bridgehead atoms. The number of carbonyl (C=O) groups excluding carboxylic acids is 3. The first-order valence-electron chi connectivity index (χ1n) is 17.1. The predicted molar refractivity (Wildman–Crippen MR) is 189 cm³/mol. The molecule has 3 saturated heterocycles. The van der Waals surface area contributed by atoms with Crippen LogP contribution in [0.2, 0.25) is 0 Å². The maximum atomic E-state index is 13.0. The van der Waals surface area contributed by atoms with Crippen LogP contribution in [-0.4, -0.2) is 133 Å². The lowest BCUT2D eigenvalue weighted by molar-refractivity contribution is -0.128. The van der Waals surface area contributed by atoms with Gasteiger partial charge in [0, 0.05) is 87.8 Å². The molecule has 0 aliphatic carbocycles. The fourth-order valence-electron chi connectivity index (χ4n) is 6.42. The highest BCUT2D eigenvalue weighted by atomic mass is 16.5. The van der Waals surface area contributed by atoms with Crippen LogP contribution in [0.1, 0.15) is 36.5 Å². The van der Waals surface area contributed by atoms with Gasteiger partial charge in [-0.1, -0.05) is 0 Å². The number of aromatic nitrogens is 3. The molecule has 4 heterocycles. The number of likely N-dealkylation sites (tertiary alicyclic amines) is 1. The van der Waals surface area contributed by atoms with E-state index in [1.165, 1.54) is 0 Å². The highest BCUT2D eigenvalue weighted by molar-refractivity contribution is 6.00. The first-order valence-corrected chi connectivity index (χ1v) is 17.1. The van der Waals surface area contributed by atoms with Gasteiger partial charge >= 0.3 is 6.03 Å². The van der Waals surface area contributed by atoms with Crippen LogP contribution < -0.4 is 20.4 Å². The van der Waals surface area contributed by atoms with Crippen molar-refractivity contribution in [2.75, 3.05) is 100 Å². The lowest BCUT2D eigenvalue weighted by atomic mass is 10.0. The van der Waals surface area contributed by atoms with E-state index in [-0.39, 0.29) is 11.8 Å². The van der Waals surface area contributed by atoms with Gasteiger partial charge in [-0.25, -0.2) is 4.79 Å². The van der Waals surface area contributed by atoms with E-state index in [0.29, 0.717) is 86.6 Å². The van der Waals surface area contributed by atoms with Gasteiger partial charge in [0.2, 0.25) is 17.8 Å². The van der Waals surface area contributed by atoms with E-state index in [2.05, 4.69) is 39.4 Å². The number of amides is 4. The number of anilines is 4. The van der Waals surface area contributed by atoms with Crippen LogP contribution in [0, 0.1) is 0 Å². The molecule has 1 aromatic heterocycles. The van der Waals surface area contributed by atoms with Gasteiger partial charge < -0.3 is 39.9 Å². The van der Waals surface area contributed by atoms with Crippen molar-refractivity contribution in [1.29, 1.82) is 0 Å². The molecule has 49 heavy (non-hydrogen) atoms. The van der Waals surface area contributed by atoms with Gasteiger partial charge in [-0.2, -0.15) is 15.0 Å². The molecule has 0 unspecified atom stereocenters. The average molecular weight is 671 g/mol. The van der Waals surface area contributed by atoms with Crippen LogP contribution in [0.15, 0.2) is 48.5 Å². The van der Waals surface area contributed by atoms with Crippen molar-refractivity contribution in [3.05, 3.63) is 54.1 Å². The lowest BCUT2D eigenvalue weighted by Crippen LogP contribution is -2.44. The van der Waals surface area contributed by atoms with E-state index in [0.717, 1.165) is 44.5 Å². The number of urea groups is 1. The van der Waals surface area contributed by atoms with Gasteiger partial charge in [0.25, 0.3) is 5.91 Å². The second kappa shape index (κ2) is 15.6. The van der Waals surface area contributed by atoms with Gasteiger partial charge in [-0.3, -0.25) is 9.59 Å². The van der Waals surface area contributed by atoms with E-state index in [9.17, 15) is 14.4 Å². The Morgan fingerprint density at radius 3 is 1.90 bits per heavy atom. The molecule has 14 heteroatoms.